The van der Waals surface area contributed by atoms with Crippen LogP contribution < -0.4 is 5.32 Å². The first kappa shape index (κ1) is 22.8. The summed E-state index contributed by atoms with van der Waals surface area (Å²) in [6, 6.07) is 10.3. The molecule has 6 rings (SSSR count). The molecule has 3 aliphatic heterocycles. The third-order valence-corrected chi connectivity index (χ3v) is 6.72. The zero-order valence-corrected chi connectivity index (χ0v) is 19.1. The molecule has 2 atom stereocenters. The lowest BCUT2D eigenvalue weighted by Gasteiger charge is -2.50. The van der Waals surface area contributed by atoms with Crippen LogP contribution in [0.5, 0.6) is 0 Å². The minimum atomic E-state index is -0.700. The molecule has 0 spiro atoms. The Hall–Kier alpha value is -3.99. The number of fused-ring (bicyclic) bond motifs is 4. The first-order valence-corrected chi connectivity index (χ1v) is 11.4. The highest BCUT2D eigenvalue weighted by molar-refractivity contribution is 6.06. The number of aromatic amines is 1. The van der Waals surface area contributed by atoms with Crippen LogP contribution in [0.1, 0.15) is 28.9 Å². The smallest absolute Gasteiger partial charge is 0.340 e. The highest BCUT2D eigenvalue weighted by Crippen LogP contribution is 2.30. The largest absolute Gasteiger partial charge is 0.355 e. The van der Waals surface area contributed by atoms with Crippen LogP contribution in [-0.2, 0) is 16.2 Å². The van der Waals surface area contributed by atoms with Crippen LogP contribution in [0, 0.1) is 5.82 Å². The fraction of sp³-hybridized carbons (Fsp3) is 0.333. The molecule has 0 radical (unpaired) electrons. The summed E-state index contributed by atoms with van der Waals surface area (Å²) >= 11 is 0. The standard InChI is InChI=1S/C24H25FN6O4/c1-29-12-19-8-7-18(29)13-30(19)23(33)22-20-10-17(6-9-21(20)27-28-22)26-24(34)31(35-14-32)11-15-2-4-16(25)5-3-15/h2-6,9-10,14,18-19H,7-8,11-13H2,1H3,(H,26,34)(H,27,28). The van der Waals surface area contributed by atoms with E-state index in [9.17, 15) is 18.8 Å². The quantitative estimate of drug-likeness (QED) is 0.415. The fourth-order valence-corrected chi connectivity index (χ4v) is 4.83. The summed E-state index contributed by atoms with van der Waals surface area (Å²) in [7, 11) is 2.09. The number of nitrogens with one attached hydrogen (secondary N) is 2. The van der Waals surface area contributed by atoms with Crippen LogP contribution in [0.3, 0.4) is 0 Å². The number of hydroxylamine groups is 2. The zero-order valence-electron chi connectivity index (χ0n) is 19.1. The molecule has 2 N–H and O–H groups in total. The van der Waals surface area contributed by atoms with Gasteiger partial charge in [0.2, 0.25) is 0 Å². The summed E-state index contributed by atoms with van der Waals surface area (Å²) in [6.45, 7) is 1.59. The maximum atomic E-state index is 13.4. The first-order chi connectivity index (χ1) is 16.9. The summed E-state index contributed by atoms with van der Waals surface area (Å²) in [6.07, 6.45) is 2.06. The van der Waals surface area contributed by atoms with Gasteiger partial charge in [0.1, 0.15) is 5.82 Å². The van der Waals surface area contributed by atoms with E-state index < -0.39 is 11.8 Å². The zero-order chi connectivity index (χ0) is 24.5. The van der Waals surface area contributed by atoms with Crippen molar-refractivity contribution in [3.63, 3.8) is 0 Å². The van der Waals surface area contributed by atoms with E-state index in [-0.39, 0.29) is 25.0 Å². The number of amides is 3. The number of nitrogens with zero attached hydrogens (tertiary/aromatic N) is 4. The number of aromatic nitrogens is 2. The highest BCUT2D eigenvalue weighted by Gasteiger charge is 2.40. The summed E-state index contributed by atoms with van der Waals surface area (Å²) in [5.74, 6) is -0.547. The molecule has 0 saturated carbocycles. The lowest BCUT2D eigenvalue weighted by Crippen LogP contribution is -2.62. The number of carbonyl (C=O) groups is 3. The molecule has 3 fully saturated rings. The number of likely N-dealkylation sites (N-methyl/N-ethyl adjacent to an activating group) is 1. The Bertz CT molecular complexity index is 1260. The SMILES string of the molecule is CN1CC2CCC1CN2C(=O)c1n[nH]c2ccc(NC(=O)N(Cc3ccc(F)cc3)OC=O)cc12. The summed E-state index contributed by atoms with van der Waals surface area (Å²) in [4.78, 5) is 46.1. The molecule has 10 nitrogen and oxygen atoms in total. The predicted molar refractivity (Wildman–Crippen MR) is 125 cm³/mol. The van der Waals surface area contributed by atoms with E-state index in [1.807, 2.05) is 4.90 Å². The summed E-state index contributed by atoms with van der Waals surface area (Å²) < 4.78 is 13.2. The number of urea groups is 1. The Morgan fingerprint density at radius 1 is 1.20 bits per heavy atom. The number of benzene rings is 2. The van der Waals surface area contributed by atoms with Crippen LogP contribution in [0.15, 0.2) is 42.5 Å². The Morgan fingerprint density at radius 2 is 1.97 bits per heavy atom. The molecule has 2 aromatic carbocycles. The van der Waals surface area contributed by atoms with Gasteiger partial charge < -0.3 is 15.1 Å². The number of piperazine rings is 1. The Labute approximate surface area is 200 Å². The van der Waals surface area contributed by atoms with Crippen molar-refractivity contribution in [1.29, 1.82) is 0 Å². The third-order valence-electron chi connectivity index (χ3n) is 6.72. The van der Waals surface area contributed by atoms with E-state index in [0.29, 0.717) is 40.4 Å². The third kappa shape index (κ3) is 4.54. The second kappa shape index (κ2) is 9.34. The Balaban J connectivity index is 1.34. The van der Waals surface area contributed by atoms with E-state index in [4.69, 9.17) is 4.84 Å². The van der Waals surface area contributed by atoms with Gasteiger partial charge in [0.25, 0.3) is 5.91 Å². The molecule has 0 aliphatic carbocycles. The molecular weight excluding hydrogens is 455 g/mol. The van der Waals surface area contributed by atoms with Gasteiger partial charge in [0.05, 0.1) is 12.1 Å². The van der Waals surface area contributed by atoms with Crippen molar-refractivity contribution in [2.75, 3.05) is 25.5 Å². The monoisotopic (exact) mass is 480 g/mol. The van der Waals surface area contributed by atoms with E-state index in [1.165, 1.54) is 24.3 Å². The second-order valence-electron chi connectivity index (χ2n) is 8.91. The van der Waals surface area contributed by atoms with Crippen molar-refractivity contribution in [1.82, 2.24) is 25.1 Å². The van der Waals surface area contributed by atoms with Crippen molar-refractivity contribution >= 4 is 35.0 Å². The van der Waals surface area contributed by atoms with E-state index in [2.05, 4.69) is 27.5 Å². The number of anilines is 1. The molecule has 2 bridgehead atoms. The molecule has 35 heavy (non-hydrogen) atoms. The van der Waals surface area contributed by atoms with Gasteiger partial charge >= 0.3 is 12.5 Å². The van der Waals surface area contributed by atoms with Crippen molar-refractivity contribution in [3.05, 3.63) is 59.5 Å². The van der Waals surface area contributed by atoms with E-state index in [1.54, 1.807) is 18.2 Å². The van der Waals surface area contributed by atoms with E-state index >= 15 is 0 Å². The maximum Gasteiger partial charge on any atom is 0.355 e. The van der Waals surface area contributed by atoms with Gasteiger partial charge in [-0.1, -0.05) is 12.1 Å². The summed E-state index contributed by atoms with van der Waals surface area (Å²) in [5, 5.41) is 11.2. The van der Waals surface area contributed by atoms with Gasteiger partial charge in [-0.25, -0.2) is 9.18 Å². The Morgan fingerprint density at radius 3 is 2.66 bits per heavy atom. The topological polar surface area (TPSA) is 111 Å². The number of piperidine rings is 2. The average Bonchev–Trinajstić information content (AvgIpc) is 3.28. The van der Waals surface area contributed by atoms with Crippen LogP contribution in [0.2, 0.25) is 0 Å². The second-order valence-corrected chi connectivity index (χ2v) is 8.91. The van der Waals surface area contributed by atoms with Crippen molar-refractivity contribution in [3.8, 4) is 0 Å². The predicted octanol–water partition coefficient (Wildman–Crippen LogP) is 2.74. The van der Waals surface area contributed by atoms with Crippen LogP contribution >= 0.6 is 0 Å². The Kier molecular flexibility index (Phi) is 6.08. The van der Waals surface area contributed by atoms with Gasteiger partial charge in [-0.05, 0) is 55.8 Å². The molecule has 1 aromatic heterocycles. The first-order valence-electron chi connectivity index (χ1n) is 11.4. The number of hydrogen-bond acceptors (Lipinski definition) is 6. The molecule has 2 unspecified atom stereocenters. The molecule has 3 amide bonds. The van der Waals surface area contributed by atoms with Crippen LogP contribution in [0.25, 0.3) is 10.9 Å². The number of hydrogen-bond donors (Lipinski definition) is 2. The van der Waals surface area contributed by atoms with Gasteiger partial charge in [0, 0.05) is 36.2 Å². The van der Waals surface area contributed by atoms with Crippen LogP contribution in [0.4, 0.5) is 14.9 Å². The number of rotatable bonds is 6. The normalized spacial score (nSPS) is 19.5. The number of halogens is 1. The van der Waals surface area contributed by atoms with Gasteiger partial charge in [-0.3, -0.25) is 19.6 Å². The minimum absolute atomic E-state index is 0.0749. The molecular formula is C24H25FN6O4. The van der Waals surface area contributed by atoms with Gasteiger partial charge in [0.15, 0.2) is 5.69 Å². The molecule has 3 aliphatic rings. The highest BCUT2D eigenvalue weighted by atomic mass is 19.1. The lowest BCUT2D eigenvalue weighted by atomic mass is 9.91. The maximum absolute atomic E-state index is 13.4. The van der Waals surface area contributed by atoms with Crippen molar-refractivity contribution in [2.45, 2.75) is 31.5 Å². The number of carbonyl (C=O) groups excluding carboxylic acids is 3. The fourth-order valence-electron chi connectivity index (χ4n) is 4.83. The van der Waals surface area contributed by atoms with Crippen LogP contribution in [-0.4, -0.2) is 75.7 Å². The minimum Gasteiger partial charge on any atom is -0.340 e. The number of H-pyrrole nitrogens is 1. The van der Waals surface area contributed by atoms with Crippen molar-refractivity contribution < 1.29 is 23.6 Å². The molecule has 3 saturated heterocycles. The lowest BCUT2D eigenvalue weighted by molar-refractivity contribution is -0.160. The molecule has 11 heteroatoms. The molecule has 182 valence electrons. The average molecular weight is 481 g/mol. The summed E-state index contributed by atoms with van der Waals surface area (Å²) in [5.41, 5.74) is 1.94. The van der Waals surface area contributed by atoms with Gasteiger partial charge in [-0.15, -0.1) is 5.06 Å². The van der Waals surface area contributed by atoms with E-state index in [0.717, 1.165) is 24.4 Å². The molecule has 4 heterocycles. The van der Waals surface area contributed by atoms with Crippen molar-refractivity contribution in [2.24, 2.45) is 0 Å². The molecule has 3 aromatic rings. The van der Waals surface area contributed by atoms with Gasteiger partial charge in [-0.2, -0.15) is 5.10 Å².